The summed E-state index contributed by atoms with van der Waals surface area (Å²) in [6.07, 6.45) is 0.310. The zero-order valence-corrected chi connectivity index (χ0v) is 10.0. The lowest BCUT2D eigenvalue weighted by Gasteiger charge is -2.14. The maximum absolute atomic E-state index is 8.83. The summed E-state index contributed by atoms with van der Waals surface area (Å²) in [6, 6.07) is 7.97. The molecule has 0 fully saturated rings. The van der Waals surface area contributed by atoms with Crippen LogP contribution >= 0.6 is 0 Å². The van der Waals surface area contributed by atoms with Crippen LogP contribution in [0.25, 0.3) is 0 Å². The third-order valence-corrected chi connectivity index (χ3v) is 2.51. The van der Waals surface area contributed by atoms with Gasteiger partial charge in [-0.2, -0.15) is 5.26 Å². The zero-order chi connectivity index (χ0) is 12.1. The van der Waals surface area contributed by atoms with E-state index in [1.54, 1.807) is 0 Å². The zero-order valence-electron chi connectivity index (χ0n) is 10.0. The van der Waals surface area contributed by atoms with Crippen LogP contribution in [0.2, 0.25) is 0 Å². The second kappa shape index (κ2) is 5.53. The lowest BCUT2D eigenvalue weighted by molar-refractivity contribution is 0.250. The number of nitrogens with two attached hydrogens (primary N) is 1. The van der Waals surface area contributed by atoms with Gasteiger partial charge < -0.3 is 10.5 Å². The van der Waals surface area contributed by atoms with Gasteiger partial charge in [0.15, 0.2) is 6.10 Å². The van der Waals surface area contributed by atoms with Gasteiger partial charge in [0.05, 0.1) is 0 Å². The Morgan fingerprint density at radius 2 is 2.19 bits per heavy atom. The first-order valence-corrected chi connectivity index (χ1v) is 5.50. The van der Waals surface area contributed by atoms with E-state index in [0.717, 1.165) is 16.9 Å². The Morgan fingerprint density at radius 1 is 1.50 bits per heavy atom. The van der Waals surface area contributed by atoms with Crippen LogP contribution in [0, 0.1) is 18.3 Å². The van der Waals surface area contributed by atoms with E-state index in [0.29, 0.717) is 6.42 Å². The summed E-state index contributed by atoms with van der Waals surface area (Å²) in [5, 5.41) is 8.83. The Labute approximate surface area is 96.8 Å². The van der Waals surface area contributed by atoms with E-state index in [4.69, 9.17) is 15.7 Å². The Balaban J connectivity index is 2.87. The number of hydrogen-bond acceptors (Lipinski definition) is 3. The monoisotopic (exact) mass is 218 g/mol. The molecule has 16 heavy (non-hydrogen) atoms. The Morgan fingerprint density at radius 3 is 2.62 bits per heavy atom. The van der Waals surface area contributed by atoms with Crippen molar-refractivity contribution in [3.8, 4) is 11.8 Å². The normalized spacial score (nSPS) is 13.9. The second-order valence-electron chi connectivity index (χ2n) is 3.96. The van der Waals surface area contributed by atoms with Crippen molar-refractivity contribution in [3.05, 3.63) is 29.3 Å². The highest BCUT2D eigenvalue weighted by Gasteiger charge is 2.09. The number of nitrogens with zero attached hydrogens (tertiary/aromatic N) is 1. The second-order valence-corrected chi connectivity index (χ2v) is 3.96. The molecule has 0 aliphatic carbocycles. The molecule has 0 saturated carbocycles. The van der Waals surface area contributed by atoms with E-state index in [1.807, 2.05) is 39.0 Å². The highest BCUT2D eigenvalue weighted by molar-refractivity contribution is 5.37. The number of aryl methyl sites for hydroxylation is 1. The predicted octanol–water partition coefficient (Wildman–Crippen LogP) is 2.70. The molecular weight excluding hydrogens is 200 g/mol. The first kappa shape index (κ1) is 12.5. The number of rotatable bonds is 4. The highest BCUT2D eigenvalue weighted by atomic mass is 16.5. The maximum atomic E-state index is 8.83. The van der Waals surface area contributed by atoms with E-state index in [9.17, 15) is 0 Å². The standard InChI is InChI=1S/C13H18N2O/c1-4-12(8-14)16-13-6-5-11(10(3)15)7-9(13)2/h5-7,10,12H,4,15H2,1-3H3. The van der Waals surface area contributed by atoms with Gasteiger partial charge in [-0.1, -0.05) is 19.1 Å². The predicted molar refractivity (Wildman–Crippen MR) is 64.1 cm³/mol. The van der Waals surface area contributed by atoms with Crippen molar-refractivity contribution in [2.45, 2.75) is 39.3 Å². The summed E-state index contributed by atoms with van der Waals surface area (Å²) < 4.78 is 5.58. The first-order valence-electron chi connectivity index (χ1n) is 5.50. The van der Waals surface area contributed by atoms with Gasteiger partial charge in [0.2, 0.25) is 0 Å². The van der Waals surface area contributed by atoms with Crippen molar-refractivity contribution in [1.82, 2.24) is 0 Å². The maximum Gasteiger partial charge on any atom is 0.184 e. The summed E-state index contributed by atoms with van der Waals surface area (Å²) in [5.74, 6) is 0.762. The van der Waals surface area contributed by atoms with Gasteiger partial charge in [-0.15, -0.1) is 0 Å². The summed E-state index contributed by atoms with van der Waals surface area (Å²) in [4.78, 5) is 0. The van der Waals surface area contributed by atoms with Gasteiger partial charge in [0, 0.05) is 6.04 Å². The smallest absolute Gasteiger partial charge is 0.184 e. The lowest BCUT2D eigenvalue weighted by Crippen LogP contribution is -2.13. The van der Waals surface area contributed by atoms with Crippen molar-refractivity contribution in [2.24, 2.45) is 5.73 Å². The lowest BCUT2D eigenvalue weighted by atomic mass is 10.1. The van der Waals surface area contributed by atoms with Gasteiger partial charge in [0.1, 0.15) is 11.8 Å². The molecule has 1 aromatic rings. The molecule has 1 aromatic carbocycles. The van der Waals surface area contributed by atoms with Crippen molar-refractivity contribution in [2.75, 3.05) is 0 Å². The molecule has 86 valence electrons. The minimum atomic E-state index is -0.375. The molecule has 0 aliphatic heterocycles. The number of nitriles is 1. The van der Waals surface area contributed by atoms with Crippen LogP contribution in [-0.2, 0) is 0 Å². The largest absolute Gasteiger partial charge is 0.475 e. The molecule has 0 aromatic heterocycles. The fraction of sp³-hybridized carbons (Fsp3) is 0.462. The Kier molecular flexibility index (Phi) is 4.33. The molecule has 0 saturated heterocycles. The number of benzene rings is 1. The van der Waals surface area contributed by atoms with Crippen LogP contribution in [0.5, 0.6) is 5.75 Å². The fourth-order valence-corrected chi connectivity index (χ4v) is 1.44. The SMILES string of the molecule is CCC(C#N)Oc1ccc(C(C)N)cc1C. The van der Waals surface area contributed by atoms with Crippen molar-refractivity contribution >= 4 is 0 Å². The summed E-state index contributed by atoms with van der Waals surface area (Å²) in [5.41, 5.74) is 7.89. The van der Waals surface area contributed by atoms with Gasteiger partial charge in [-0.3, -0.25) is 0 Å². The third kappa shape index (κ3) is 2.98. The van der Waals surface area contributed by atoms with E-state index in [1.165, 1.54) is 0 Å². The molecule has 2 N–H and O–H groups in total. The Bertz CT molecular complexity index is 393. The molecule has 0 radical (unpaired) electrons. The molecule has 3 nitrogen and oxygen atoms in total. The molecular formula is C13H18N2O. The van der Waals surface area contributed by atoms with Crippen molar-refractivity contribution in [3.63, 3.8) is 0 Å². The molecule has 2 unspecified atom stereocenters. The topological polar surface area (TPSA) is 59.0 Å². The molecule has 3 heteroatoms. The summed E-state index contributed by atoms with van der Waals surface area (Å²) >= 11 is 0. The average molecular weight is 218 g/mol. The van der Waals surface area contributed by atoms with E-state index in [-0.39, 0.29) is 12.1 Å². The molecule has 0 amide bonds. The van der Waals surface area contributed by atoms with Crippen molar-refractivity contribution < 1.29 is 4.74 Å². The first-order chi connectivity index (χ1) is 7.58. The molecule has 0 spiro atoms. The summed E-state index contributed by atoms with van der Waals surface area (Å²) in [7, 11) is 0. The van der Waals surface area contributed by atoms with Gasteiger partial charge in [-0.25, -0.2) is 0 Å². The van der Waals surface area contributed by atoms with Gasteiger partial charge in [0.25, 0.3) is 0 Å². The Hall–Kier alpha value is -1.53. The third-order valence-electron chi connectivity index (χ3n) is 2.51. The average Bonchev–Trinajstić information content (AvgIpc) is 2.27. The fourth-order valence-electron chi connectivity index (χ4n) is 1.44. The number of hydrogen-bond donors (Lipinski definition) is 1. The van der Waals surface area contributed by atoms with Crippen LogP contribution in [0.3, 0.4) is 0 Å². The van der Waals surface area contributed by atoms with E-state index < -0.39 is 0 Å². The quantitative estimate of drug-likeness (QED) is 0.845. The van der Waals surface area contributed by atoms with Gasteiger partial charge in [-0.05, 0) is 37.5 Å². The van der Waals surface area contributed by atoms with Crippen LogP contribution in [0.4, 0.5) is 0 Å². The van der Waals surface area contributed by atoms with Crippen LogP contribution in [-0.4, -0.2) is 6.10 Å². The molecule has 1 rings (SSSR count). The minimum absolute atomic E-state index is 0.0192. The van der Waals surface area contributed by atoms with E-state index in [2.05, 4.69) is 6.07 Å². The molecule has 0 heterocycles. The molecule has 0 bridgehead atoms. The van der Waals surface area contributed by atoms with Gasteiger partial charge >= 0.3 is 0 Å². The van der Waals surface area contributed by atoms with Crippen LogP contribution < -0.4 is 10.5 Å². The molecule has 0 aliphatic rings. The number of ether oxygens (including phenoxy) is 1. The van der Waals surface area contributed by atoms with Crippen LogP contribution in [0.15, 0.2) is 18.2 Å². The molecule has 2 atom stereocenters. The highest BCUT2D eigenvalue weighted by Crippen LogP contribution is 2.23. The van der Waals surface area contributed by atoms with E-state index >= 15 is 0 Å². The van der Waals surface area contributed by atoms with Crippen molar-refractivity contribution in [1.29, 1.82) is 5.26 Å². The van der Waals surface area contributed by atoms with Crippen LogP contribution in [0.1, 0.15) is 37.4 Å². The summed E-state index contributed by atoms with van der Waals surface area (Å²) in [6.45, 7) is 5.84. The minimum Gasteiger partial charge on any atom is -0.475 e.